The van der Waals surface area contributed by atoms with Gasteiger partial charge in [-0.1, -0.05) is 29.8 Å². The first-order chi connectivity index (χ1) is 7.25. The highest BCUT2D eigenvalue weighted by atomic mass is 35.5. The highest BCUT2D eigenvalue weighted by Gasteiger charge is 2.20. The Kier molecular flexibility index (Phi) is 3.51. The van der Waals surface area contributed by atoms with Crippen molar-refractivity contribution in [3.63, 3.8) is 0 Å². The summed E-state index contributed by atoms with van der Waals surface area (Å²) in [4.78, 5) is 10.9. The van der Waals surface area contributed by atoms with Crippen molar-refractivity contribution in [2.24, 2.45) is 0 Å². The largest absolute Gasteiger partial charge is 0.331 e. The quantitative estimate of drug-likeness (QED) is 0.846. The van der Waals surface area contributed by atoms with Gasteiger partial charge in [-0.25, -0.2) is 0 Å². The van der Waals surface area contributed by atoms with Crippen LogP contribution in [0.3, 0.4) is 0 Å². The Bertz CT molecular complexity index is 372. The van der Waals surface area contributed by atoms with Crippen molar-refractivity contribution in [3.05, 3.63) is 34.9 Å². The molecule has 1 saturated heterocycles. The number of carbonyl (C=O) groups is 1. The molecule has 0 spiro atoms. The van der Waals surface area contributed by atoms with Crippen molar-refractivity contribution in [2.45, 2.75) is 12.0 Å². The van der Waals surface area contributed by atoms with Gasteiger partial charge in [-0.05, 0) is 11.6 Å². The highest BCUT2D eigenvalue weighted by Crippen LogP contribution is 2.17. The summed E-state index contributed by atoms with van der Waals surface area (Å²) >= 11 is 7.56. The minimum absolute atomic E-state index is 0.00812. The van der Waals surface area contributed by atoms with Crippen molar-refractivity contribution < 1.29 is 4.79 Å². The lowest BCUT2D eigenvalue weighted by molar-refractivity contribution is -0.118. The molecule has 1 heterocycles. The van der Waals surface area contributed by atoms with E-state index in [0.29, 0.717) is 12.3 Å². The van der Waals surface area contributed by atoms with E-state index in [1.165, 1.54) is 0 Å². The number of rotatable bonds is 3. The van der Waals surface area contributed by atoms with Crippen LogP contribution in [-0.2, 0) is 11.3 Å². The van der Waals surface area contributed by atoms with Crippen molar-refractivity contribution in [3.8, 4) is 0 Å². The zero-order chi connectivity index (χ0) is 10.7. The maximum absolute atomic E-state index is 10.9. The van der Waals surface area contributed by atoms with E-state index in [1.807, 2.05) is 24.3 Å². The number of benzene rings is 1. The van der Waals surface area contributed by atoms with Crippen LogP contribution in [0.1, 0.15) is 5.56 Å². The van der Waals surface area contributed by atoms with Crippen LogP contribution < -0.4 is 10.6 Å². The Hall–Kier alpha value is -0.710. The number of nitrogens with one attached hydrogen (secondary N) is 2. The standard InChI is InChI=1S/C10H11ClN2OS/c11-8-4-2-1-3-7(8)5-12-10-13-9(14)6-15-10/h1-4,10,12H,5-6H2,(H,13,14). The van der Waals surface area contributed by atoms with E-state index in [0.717, 1.165) is 10.6 Å². The van der Waals surface area contributed by atoms with Crippen LogP contribution in [0.25, 0.3) is 0 Å². The molecule has 1 amide bonds. The first-order valence-corrected chi connectivity index (χ1v) is 6.06. The first kappa shape index (κ1) is 10.8. The predicted octanol–water partition coefficient (Wildman–Crippen LogP) is 1.58. The van der Waals surface area contributed by atoms with Gasteiger partial charge < -0.3 is 5.32 Å². The second-order valence-electron chi connectivity index (χ2n) is 3.23. The second-order valence-corrected chi connectivity index (χ2v) is 4.73. The van der Waals surface area contributed by atoms with Crippen LogP contribution in [0.15, 0.2) is 24.3 Å². The molecule has 2 N–H and O–H groups in total. The molecule has 0 bridgehead atoms. The summed E-state index contributed by atoms with van der Waals surface area (Å²) in [5, 5.41) is 6.78. The molecule has 0 aliphatic carbocycles. The lowest BCUT2D eigenvalue weighted by Gasteiger charge is -2.12. The molecule has 1 atom stereocenters. The Morgan fingerprint density at radius 3 is 3.00 bits per heavy atom. The lowest BCUT2D eigenvalue weighted by Crippen LogP contribution is -2.37. The van der Waals surface area contributed by atoms with E-state index in [4.69, 9.17) is 11.6 Å². The molecule has 3 nitrogen and oxygen atoms in total. The van der Waals surface area contributed by atoms with E-state index in [2.05, 4.69) is 10.6 Å². The minimum Gasteiger partial charge on any atom is -0.331 e. The zero-order valence-corrected chi connectivity index (χ0v) is 9.57. The maximum atomic E-state index is 10.9. The smallest absolute Gasteiger partial charge is 0.231 e. The molecule has 0 saturated carbocycles. The van der Waals surface area contributed by atoms with E-state index < -0.39 is 0 Å². The Balaban J connectivity index is 1.88. The topological polar surface area (TPSA) is 41.1 Å². The summed E-state index contributed by atoms with van der Waals surface area (Å²) in [6.45, 7) is 0.664. The van der Waals surface area contributed by atoms with E-state index in [1.54, 1.807) is 11.8 Å². The molecule has 0 aromatic heterocycles. The van der Waals surface area contributed by atoms with Gasteiger partial charge in [0, 0.05) is 11.6 Å². The van der Waals surface area contributed by atoms with Crippen molar-refractivity contribution in [1.82, 2.24) is 10.6 Å². The molecule has 80 valence electrons. The summed E-state index contributed by atoms with van der Waals surface area (Å²) in [6.07, 6.45) is 0. The van der Waals surface area contributed by atoms with Crippen LogP contribution in [-0.4, -0.2) is 17.2 Å². The van der Waals surface area contributed by atoms with E-state index in [9.17, 15) is 4.79 Å². The minimum atomic E-state index is 0.00812. The molecular formula is C10H11ClN2OS. The Morgan fingerprint density at radius 2 is 2.33 bits per heavy atom. The SMILES string of the molecule is O=C1CSC(NCc2ccccc2Cl)N1. The zero-order valence-electron chi connectivity index (χ0n) is 8.00. The fourth-order valence-corrected chi connectivity index (χ4v) is 2.36. The van der Waals surface area contributed by atoms with E-state index >= 15 is 0 Å². The third-order valence-corrected chi connectivity index (χ3v) is 3.52. The predicted molar refractivity (Wildman–Crippen MR) is 62.7 cm³/mol. The molecule has 1 unspecified atom stereocenters. The van der Waals surface area contributed by atoms with Gasteiger partial charge in [0.15, 0.2) is 0 Å². The van der Waals surface area contributed by atoms with Gasteiger partial charge in [-0.15, -0.1) is 11.8 Å². The Morgan fingerprint density at radius 1 is 1.53 bits per heavy atom. The van der Waals surface area contributed by atoms with Gasteiger partial charge in [-0.2, -0.15) is 0 Å². The summed E-state index contributed by atoms with van der Waals surface area (Å²) in [5.74, 6) is 0.608. The normalized spacial score (nSPS) is 20.3. The third kappa shape index (κ3) is 2.87. The molecule has 1 aliphatic heterocycles. The number of carbonyl (C=O) groups excluding carboxylic acids is 1. The van der Waals surface area contributed by atoms with Crippen LogP contribution in [0.4, 0.5) is 0 Å². The summed E-state index contributed by atoms with van der Waals surface area (Å²) in [7, 11) is 0. The fraction of sp³-hybridized carbons (Fsp3) is 0.300. The van der Waals surface area contributed by atoms with Gasteiger partial charge in [0.25, 0.3) is 0 Å². The monoisotopic (exact) mass is 242 g/mol. The van der Waals surface area contributed by atoms with Gasteiger partial charge in [0.1, 0.15) is 5.50 Å². The molecule has 1 aromatic carbocycles. The fourth-order valence-electron chi connectivity index (χ4n) is 1.34. The average Bonchev–Trinajstić information content (AvgIpc) is 2.63. The van der Waals surface area contributed by atoms with Crippen molar-refractivity contribution in [1.29, 1.82) is 0 Å². The van der Waals surface area contributed by atoms with Gasteiger partial charge >= 0.3 is 0 Å². The Labute approximate surface area is 97.6 Å². The molecule has 1 aliphatic rings. The molecule has 1 fully saturated rings. The number of halogens is 1. The molecule has 1 aromatic rings. The second kappa shape index (κ2) is 4.88. The molecular weight excluding hydrogens is 232 g/mol. The van der Waals surface area contributed by atoms with Gasteiger partial charge in [0.2, 0.25) is 5.91 Å². The molecule has 2 rings (SSSR count). The number of hydrogen-bond donors (Lipinski definition) is 2. The van der Waals surface area contributed by atoms with Crippen LogP contribution in [0.5, 0.6) is 0 Å². The maximum Gasteiger partial charge on any atom is 0.231 e. The number of thioether (sulfide) groups is 1. The number of amides is 1. The highest BCUT2D eigenvalue weighted by molar-refractivity contribution is 8.00. The van der Waals surface area contributed by atoms with Crippen molar-refractivity contribution >= 4 is 29.3 Å². The summed E-state index contributed by atoms with van der Waals surface area (Å²) in [5.41, 5.74) is 1.05. The van der Waals surface area contributed by atoms with Gasteiger partial charge in [0.05, 0.1) is 5.75 Å². The number of hydrogen-bond acceptors (Lipinski definition) is 3. The van der Waals surface area contributed by atoms with E-state index in [-0.39, 0.29) is 11.4 Å². The average molecular weight is 243 g/mol. The van der Waals surface area contributed by atoms with Crippen LogP contribution >= 0.6 is 23.4 Å². The molecule has 5 heteroatoms. The third-order valence-electron chi connectivity index (χ3n) is 2.11. The molecule has 0 radical (unpaired) electrons. The lowest BCUT2D eigenvalue weighted by atomic mass is 10.2. The van der Waals surface area contributed by atoms with Crippen LogP contribution in [0.2, 0.25) is 5.02 Å². The summed E-state index contributed by atoms with van der Waals surface area (Å²) in [6, 6.07) is 7.68. The van der Waals surface area contributed by atoms with Crippen molar-refractivity contribution in [2.75, 3.05) is 5.75 Å². The summed E-state index contributed by atoms with van der Waals surface area (Å²) < 4.78 is 0. The van der Waals surface area contributed by atoms with Gasteiger partial charge in [-0.3, -0.25) is 10.1 Å². The van der Waals surface area contributed by atoms with Crippen LogP contribution in [0, 0.1) is 0 Å². The first-order valence-electron chi connectivity index (χ1n) is 4.63. The molecule has 15 heavy (non-hydrogen) atoms.